The third-order valence-electron chi connectivity index (χ3n) is 3.63. The highest BCUT2D eigenvalue weighted by Crippen LogP contribution is 2.31. The van der Waals surface area contributed by atoms with Crippen molar-refractivity contribution in [3.8, 4) is 23.0 Å². The number of carbonyl (C=O) groups is 1. The quantitative estimate of drug-likeness (QED) is 0.820. The predicted octanol–water partition coefficient (Wildman–Crippen LogP) is 3.08. The summed E-state index contributed by atoms with van der Waals surface area (Å²) < 4.78 is 20.7. The van der Waals surface area contributed by atoms with Crippen molar-refractivity contribution in [1.29, 1.82) is 0 Å². The van der Waals surface area contributed by atoms with Gasteiger partial charge in [0.2, 0.25) is 0 Å². The van der Waals surface area contributed by atoms with Gasteiger partial charge in [0.15, 0.2) is 11.5 Å². The van der Waals surface area contributed by atoms with Crippen LogP contribution in [0.15, 0.2) is 30.3 Å². The van der Waals surface area contributed by atoms with Crippen LogP contribution in [0.4, 0.5) is 0 Å². The first-order valence-electron chi connectivity index (χ1n) is 7.25. The van der Waals surface area contributed by atoms with E-state index in [0.717, 1.165) is 11.1 Å². The Morgan fingerprint density at radius 2 is 1.67 bits per heavy atom. The lowest BCUT2D eigenvalue weighted by Crippen LogP contribution is -2.07. The summed E-state index contributed by atoms with van der Waals surface area (Å²) in [6.07, 6.45) is 0. The summed E-state index contributed by atoms with van der Waals surface area (Å²) in [6, 6.07) is 7.97. The second kappa shape index (κ2) is 7.59. The molecule has 24 heavy (non-hydrogen) atoms. The van der Waals surface area contributed by atoms with Gasteiger partial charge in [-0.2, -0.15) is 0 Å². The van der Waals surface area contributed by atoms with E-state index in [1.54, 1.807) is 26.4 Å². The van der Waals surface area contributed by atoms with Gasteiger partial charge >= 0.3 is 5.97 Å². The number of hydrogen-bond donors (Lipinski definition) is 1. The molecule has 0 radical (unpaired) electrons. The molecule has 6 nitrogen and oxygen atoms in total. The Balaban J connectivity index is 2.14. The standard InChI is InChI=1S/C18H20O6/c1-11-7-16(22-3)17(23-4)8-12(11)10-24-18(20)14-6-5-13(21-2)9-15(14)19/h5-9,19H,10H2,1-4H3. The van der Waals surface area contributed by atoms with Crippen molar-refractivity contribution in [1.82, 2.24) is 0 Å². The number of aryl methyl sites for hydroxylation is 1. The largest absolute Gasteiger partial charge is 0.507 e. The van der Waals surface area contributed by atoms with Gasteiger partial charge in [-0.1, -0.05) is 0 Å². The topological polar surface area (TPSA) is 74.2 Å². The first-order valence-corrected chi connectivity index (χ1v) is 7.25. The fourth-order valence-corrected chi connectivity index (χ4v) is 2.21. The SMILES string of the molecule is COc1ccc(C(=O)OCc2cc(OC)c(OC)cc2C)c(O)c1. The summed E-state index contributed by atoms with van der Waals surface area (Å²) in [6.45, 7) is 1.94. The molecule has 1 N–H and O–H groups in total. The first kappa shape index (κ1) is 17.5. The Labute approximate surface area is 140 Å². The number of ether oxygens (including phenoxy) is 4. The van der Waals surface area contributed by atoms with Gasteiger partial charge in [-0.3, -0.25) is 0 Å². The molecule has 0 aliphatic rings. The molecule has 6 heteroatoms. The van der Waals surface area contributed by atoms with Crippen LogP contribution < -0.4 is 14.2 Å². The zero-order valence-corrected chi connectivity index (χ0v) is 14.1. The molecular weight excluding hydrogens is 312 g/mol. The van der Waals surface area contributed by atoms with Crippen molar-refractivity contribution in [2.24, 2.45) is 0 Å². The molecule has 0 amide bonds. The second-order valence-corrected chi connectivity index (χ2v) is 5.09. The van der Waals surface area contributed by atoms with E-state index in [1.807, 2.05) is 13.0 Å². The van der Waals surface area contributed by atoms with Crippen LogP contribution in [-0.4, -0.2) is 32.4 Å². The molecule has 0 aliphatic carbocycles. The number of methoxy groups -OCH3 is 3. The van der Waals surface area contributed by atoms with Crippen LogP contribution in [-0.2, 0) is 11.3 Å². The van der Waals surface area contributed by atoms with Gasteiger partial charge in [0, 0.05) is 6.07 Å². The number of rotatable bonds is 6. The Kier molecular flexibility index (Phi) is 5.52. The molecular formula is C18H20O6. The summed E-state index contributed by atoms with van der Waals surface area (Å²) in [5.74, 6) is 0.812. The number of phenols is 1. The maximum absolute atomic E-state index is 12.1. The molecule has 0 aromatic heterocycles. The Morgan fingerprint density at radius 3 is 2.25 bits per heavy atom. The Bertz CT molecular complexity index is 739. The smallest absolute Gasteiger partial charge is 0.342 e. The highest BCUT2D eigenvalue weighted by atomic mass is 16.5. The zero-order chi connectivity index (χ0) is 17.7. The van der Waals surface area contributed by atoms with Gasteiger partial charge in [0.25, 0.3) is 0 Å². The van der Waals surface area contributed by atoms with E-state index in [4.69, 9.17) is 18.9 Å². The highest BCUT2D eigenvalue weighted by Gasteiger charge is 2.15. The molecule has 0 spiro atoms. The maximum Gasteiger partial charge on any atom is 0.342 e. The zero-order valence-electron chi connectivity index (χ0n) is 14.1. The van der Waals surface area contributed by atoms with Crippen molar-refractivity contribution in [3.63, 3.8) is 0 Å². The van der Waals surface area contributed by atoms with Gasteiger partial charge in [-0.25, -0.2) is 4.79 Å². The molecule has 128 valence electrons. The number of aromatic hydroxyl groups is 1. The first-order chi connectivity index (χ1) is 11.5. The summed E-state index contributed by atoms with van der Waals surface area (Å²) >= 11 is 0. The lowest BCUT2D eigenvalue weighted by Gasteiger charge is -2.13. The van der Waals surface area contributed by atoms with Crippen molar-refractivity contribution < 1.29 is 28.8 Å². The van der Waals surface area contributed by atoms with E-state index < -0.39 is 5.97 Å². The molecule has 0 saturated heterocycles. The average Bonchev–Trinajstić information content (AvgIpc) is 2.59. The molecule has 0 unspecified atom stereocenters. The molecule has 0 saturated carbocycles. The maximum atomic E-state index is 12.1. The molecule has 0 heterocycles. The second-order valence-electron chi connectivity index (χ2n) is 5.09. The van der Waals surface area contributed by atoms with E-state index in [0.29, 0.717) is 17.2 Å². The monoisotopic (exact) mass is 332 g/mol. The Hall–Kier alpha value is -2.89. The number of benzene rings is 2. The number of phenolic OH excluding ortho intramolecular Hbond substituents is 1. The van der Waals surface area contributed by atoms with Gasteiger partial charge in [0.05, 0.1) is 21.3 Å². The van der Waals surface area contributed by atoms with E-state index >= 15 is 0 Å². The Morgan fingerprint density at radius 1 is 1.00 bits per heavy atom. The van der Waals surface area contributed by atoms with Gasteiger partial charge in [-0.05, 0) is 42.3 Å². The van der Waals surface area contributed by atoms with Gasteiger partial charge in [0.1, 0.15) is 23.7 Å². The third-order valence-corrected chi connectivity index (χ3v) is 3.63. The highest BCUT2D eigenvalue weighted by molar-refractivity contribution is 5.92. The van der Waals surface area contributed by atoms with E-state index in [2.05, 4.69) is 0 Å². The van der Waals surface area contributed by atoms with Crippen molar-refractivity contribution in [2.75, 3.05) is 21.3 Å². The van der Waals surface area contributed by atoms with E-state index in [-0.39, 0.29) is 17.9 Å². The van der Waals surface area contributed by atoms with Crippen molar-refractivity contribution in [3.05, 3.63) is 47.0 Å². The van der Waals surface area contributed by atoms with Crippen molar-refractivity contribution in [2.45, 2.75) is 13.5 Å². The van der Waals surface area contributed by atoms with Crippen LogP contribution >= 0.6 is 0 Å². The number of carbonyl (C=O) groups excluding carboxylic acids is 1. The molecule has 0 atom stereocenters. The third kappa shape index (κ3) is 3.71. The van der Waals surface area contributed by atoms with Crippen LogP contribution in [0.25, 0.3) is 0 Å². The van der Waals surface area contributed by atoms with Crippen LogP contribution in [0.2, 0.25) is 0 Å². The predicted molar refractivity (Wildman–Crippen MR) is 88.1 cm³/mol. The average molecular weight is 332 g/mol. The van der Waals surface area contributed by atoms with E-state index in [1.165, 1.54) is 19.2 Å². The molecule has 0 aliphatic heterocycles. The molecule has 2 rings (SSSR count). The minimum absolute atomic E-state index is 0.0521. The summed E-state index contributed by atoms with van der Waals surface area (Å²) in [4.78, 5) is 12.1. The summed E-state index contributed by atoms with van der Waals surface area (Å²) in [7, 11) is 4.58. The minimum Gasteiger partial charge on any atom is -0.507 e. The normalized spacial score (nSPS) is 10.2. The minimum atomic E-state index is -0.621. The molecule has 2 aromatic carbocycles. The number of esters is 1. The van der Waals surface area contributed by atoms with Crippen LogP contribution in [0.1, 0.15) is 21.5 Å². The summed E-state index contributed by atoms with van der Waals surface area (Å²) in [5.41, 5.74) is 1.77. The van der Waals surface area contributed by atoms with Crippen LogP contribution in [0, 0.1) is 6.92 Å². The lowest BCUT2D eigenvalue weighted by molar-refractivity contribution is 0.0468. The van der Waals surface area contributed by atoms with E-state index in [9.17, 15) is 9.90 Å². The van der Waals surface area contributed by atoms with Crippen LogP contribution in [0.3, 0.4) is 0 Å². The molecule has 2 aromatic rings. The summed E-state index contributed by atoms with van der Waals surface area (Å²) in [5, 5.41) is 9.88. The fraction of sp³-hybridized carbons (Fsp3) is 0.278. The fourth-order valence-electron chi connectivity index (χ4n) is 2.21. The van der Waals surface area contributed by atoms with Gasteiger partial charge < -0.3 is 24.1 Å². The lowest BCUT2D eigenvalue weighted by atomic mass is 10.1. The molecule has 0 bridgehead atoms. The number of hydrogen-bond acceptors (Lipinski definition) is 6. The van der Waals surface area contributed by atoms with Crippen LogP contribution in [0.5, 0.6) is 23.0 Å². The van der Waals surface area contributed by atoms with Gasteiger partial charge in [-0.15, -0.1) is 0 Å². The molecule has 0 fully saturated rings. The van der Waals surface area contributed by atoms with Crippen molar-refractivity contribution >= 4 is 5.97 Å².